The molecule has 0 unspecified atom stereocenters. The van der Waals surface area contributed by atoms with Crippen molar-refractivity contribution in [3.63, 3.8) is 0 Å². The van der Waals surface area contributed by atoms with Crippen molar-refractivity contribution < 1.29 is 9.21 Å². The summed E-state index contributed by atoms with van der Waals surface area (Å²) < 4.78 is 6.82. The van der Waals surface area contributed by atoms with Gasteiger partial charge in [0.05, 0.1) is 4.47 Å². The van der Waals surface area contributed by atoms with Crippen LogP contribution in [-0.2, 0) is 0 Å². The van der Waals surface area contributed by atoms with Gasteiger partial charge < -0.3 is 9.73 Å². The summed E-state index contributed by atoms with van der Waals surface area (Å²) in [5.74, 6) is -0.539. The number of fused-ring (bicyclic) bond motifs is 2. The second-order valence-electron chi connectivity index (χ2n) is 7.08. The van der Waals surface area contributed by atoms with E-state index in [0.29, 0.717) is 21.1 Å². The Morgan fingerprint density at radius 1 is 1.12 bits per heavy atom. The van der Waals surface area contributed by atoms with E-state index in [1.54, 1.807) is 18.3 Å². The standard InChI is InChI=1S/C23H13Br2N3O3S/c1-11-4-5-12(21-28-17-3-2-6-26-22(17)32-21)9-18(11)27-20(29)15-8-13-7-14(24)10-16(25)19(13)31-23(15)30/h2-10H,1H3,(H,27,29). The molecule has 0 atom stereocenters. The van der Waals surface area contributed by atoms with Gasteiger partial charge in [-0.3, -0.25) is 4.79 Å². The molecular formula is C23H13Br2N3O3S. The molecular weight excluding hydrogens is 558 g/mol. The zero-order valence-electron chi connectivity index (χ0n) is 16.5. The maximum absolute atomic E-state index is 13.0. The highest BCUT2D eigenvalue weighted by Gasteiger charge is 2.17. The molecule has 0 saturated heterocycles. The van der Waals surface area contributed by atoms with E-state index in [1.807, 2.05) is 37.3 Å². The quantitative estimate of drug-likeness (QED) is 0.249. The number of anilines is 1. The summed E-state index contributed by atoms with van der Waals surface area (Å²) in [7, 11) is 0. The van der Waals surface area contributed by atoms with Gasteiger partial charge in [0.15, 0.2) is 5.58 Å². The molecule has 1 N–H and O–H groups in total. The minimum absolute atomic E-state index is 0.0727. The van der Waals surface area contributed by atoms with E-state index >= 15 is 0 Å². The number of hydrogen-bond donors (Lipinski definition) is 1. The Kier molecular flexibility index (Phi) is 5.40. The molecule has 32 heavy (non-hydrogen) atoms. The van der Waals surface area contributed by atoms with Gasteiger partial charge in [-0.1, -0.05) is 39.4 Å². The van der Waals surface area contributed by atoms with Gasteiger partial charge in [0.1, 0.15) is 20.9 Å². The van der Waals surface area contributed by atoms with Crippen LogP contribution in [0, 0.1) is 6.92 Å². The molecule has 0 aliphatic carbocycles. The van der Waals surface area contributed by atoms with Gasteiger partial charge in [0, 0.05) is 27.3 Å². The largest absolute Gasteiger partial charge is 0.421 e. The summed E-state index contributed by atoms with van der Waals surface area (Å²) >= 11 is 8.26. The van der Waals surface area contributed by atoms with Crippen molar-refractivity contribution in [2.75, 3.05) is 5.32 Å². The number of carbonyl (C=O) groups is 1. The number of amides is 1. The first kappa shape index (κ1) is 21.0. The predicted octanol–water partition coefficient (Wildman–Crippen LogP) is 6.55. The number of carbonyl (C=O) groups excluding carboxylic acids is 1. The minimum Gasteiger partial charge on any atom is -0.421 e. The molecule has 158 valence electrons. The van der Waals surface area contributed by atoms with Crippen LogP contribution in [0.5, 0.6) is 0 Å². The second-order valence-corrected chi connectivity index (χ2v) is 9.83. The van der Waals surface area contributed by atoms with Crippen LogP contribution in [0.3, 0.4) is 0 Å². The zero-order valence-corrected chi connectivity index (χ0v) is 20.5. The number of rotatable bonds is 3. The number of halogens is 2. The Morgan fingerprint density at radius 3 is 2.78 bits per heavy atom. The average Bonchev–Trinajstić information content (AvgIpc) is 3.19. The lowest BCUT2D eigenvalue weighted by molar-refractivity contribution is 0.102. The van der Waals surface area contributed by atoms with E-state index in [4.69, 9.17) is 4.42 Å². The maximum Gasteiger partial charge on any atom is 0.349 e. The first-order chi connectivity index (χ1) is 15.4. The lowest BCUT2D eigenvalue weighted by Crippen LogP contribution is -2.21. The predicted molar refractivity (Wildman–Crippen MR) is 133 cm³/mol. The van der Waals surface area contributed by atoms with Crippen molar-refractivity contribution in [2.45, 2.75) is 6.92 Å². The summed E-state index contributed by atoms with van der Waals surface area (Å²) in [4.78, 5) is 35.3. The summed E-state index contributed by atoms with van der Waals surface area (Å²) in [6.45, 7) is 1.89. The molecule has 5 aromatic rings. The number of nitrogens with one attached hydrogen (secondary N) is 1. The van der Waals surface area contributed by atoms with E-state index in [1.165, 1.54) is 17.4 Å². The Morgan fingerprint density at radius 2 is 1.97 bits per heavy atom. The fourth-order valence-corrected chi connectivity index (χ4v) is 5.53. The summed E-state index contributed by atoms with van der Waals surface area (Å²) in [6.07, 6.45) is 1.73. The molecule has 0 fully saturated rings. The summed E-state index contributed by atoms with van der Waals surface area (Å²) in [5.41, 5.74) is 2.74. The molecule has 0 radical (unpaired) electrons. The lowest BCUT2D eigenvalue weighted by atomic mass is 10.1. The number of benzene rings is 2. The van der Waals surface area contributed by atoms with Crippen molar-refractivity contribution in [1.82, 2.24) is 9.97 Å². The Hall–Kier alpha value is -2.88. The van der Waals surface area contributed by atoms with Gasteiger partial charge >= 0.3 is 5.63 Å². The number of aromatic nitrogens is 2. The SMILES string of the molecule is Cc1ccc(-c2nc3cccnc3s2)cc1NC(=O)c1cc2cc(Br)cc(Br)c2oc1=O. The average molecular weight is 571 g/mol. The Labute approximate surface area is 202 Å². The zero-order chi connectivity index (χ0) is 22.4. The number of hydrogen-bond acceptors (Lipinski definition) is 6. The van der Waals surface area contributed by atoms with E-state index in [-0.39, 0.29) is 5.56 Å². The van der Waals surface area contributed by atoms with E-state index in [2.05, 4.69) is 47.1 Å². The second kappa shape index (κ2) is 8.23. The smallest absolute Gasteiger partial charge is 0.349 e. The number of thiazole rings is 1. The van der Waals surface area contributed by atoms with Gasteiger partial charge in [-0.05, 0) is 64.8 Å². The number of nitrogens with zero attached hydrogens (tertiary/aromatic N) is 2. The topological polar surface area (TPSA) is 85.1 Å². The summed E-state index contributed by atoms with van der Waals surface area (Å²) in [6, 6.07) is 14.5. The van der Waals surface area contributed by atoms with Crippen molar-refractivity contribution in [2.24, 2.45) is 0 Å². The molecule has 3 heterocycles. The summed E-state index contributed by atoms with van der Waals surface area (Å²) in [5, 5.41) is 4.27. The normalized spacial score (nSPS) is 11.2. The highest BCUT2D eigenvalue weighted by molar-refractivity contribution is 9.11. The third-order valence-corrected chi connectivity index (χ3v) is 6.97. The van der Waals surface area contributed by atoms with Crippen molar-refractivity contribution in [3.05, 3.63) is 85.2 Å². The maximum atomic E-state index is 13.0. The highest BCUT2D eigenvalue weighted by atomic mass is 79.9. The lowest BCUT2D eigenvalue weighted by Gasteiger charge is -2.10. The molecule has 0 aliphatic rings. The van der Waals surface area contributed by atoms with E-state index in [0.717, 1.165) is 31.0 Å². The molecule has 0 spiro atoms. The molecule has 9 heteroatoms. The monoisotopic (exact) mass is 569 g/mol. The number of aryl methyl sites for hydroxylation is 1. The van der Waals surface area contributed by atoms with Gasteiger partial charge in [-0.2, -0.15) is 0 Å². The minimum atomic E-state index is -0.705. The molecule has 3 aromatic heterocycles. The highest BCUT2D eigenvalue weighted by Crippen LogP contribution is 2.32. The molecule has 2 aromatic carbocycles. The molecule has 0 aliphatic heterocycles. The van der Waals surface area contributed by atoms with Crippen LogP contribution in [0.1, 0.15) is 15.9 Å². The van der Waals surface area contributed by atoms with Crippen LogP contribution in [0.4, 0.5) is 5.69 Å². The Balaban J connectivity index is 1.51. The van der Waals surface area contributed by atoms with Crippen LogP contribution < -0.4 is 10.9 Å². The van der Waals surface area contributed by atoms with Crippen molar-refractivity contribution in [3.8, 4) is 10.6 Å². The van der Waals surface area contributed by atoms with E-state index < -0.39 is 11.5 Å². The first-order valence-electron chi connectivity index (χ1n) is 9.46. The molecule has 0 saturated carbocycles. The van der Waals surface area contributed by atoms with Crippen LogP contribution in [0.25, 0.3) is 31.9 Å². The Bertz CT molecular complexity index is 1560. The number of pyridine rings is 1. The van der Waals surface area contributed by atoms with Crippen molar-refractivity contribution in [1.29, 1.82) is 0 Å². The first-order valence-corrected chi connectivity index (χ1v) is 11.9. The molecule has 5 rings (SSSR count). The van der Waals surface area contributed by atoms with Crippen molar-refractivity contribution >= 4 is 76.1 Å². The third kappa shape index (κ3) is 3.87. The van der Waals surface area contributed by atoms with Crippen LogP contribution >= 0.6 is 43.2 Å². The molecule has 1 amide bonds. The molecule has 0 bridgehead atoms. The fraction of sp³-hybridized carbons (Fsp3) is 0.0435. The fourth-order valence-electron chi connectivity index (χ4n) is 3.29. The van der Waals surface area contributed by atoms with Gasteiger partial charge in [0.2, 0.25) is 0 Å². The van der Waals surface area contributed by atoms with Crippen LogP contribution in [0.15, 0.2) is 72.9 Å². The molecule has 6 nitrogen and oxygen atoms in total. The van der Waals surface area contributed by atoms with E-state index in [9.17, 15) is 9.59 Å². The van der Waals surface area contributed by atoms with Gasteiger partial charge in [-0.15, -0.1) is 0 Å². The third-order valence-electron chi connectivity index (χ3n) is 4.90. The van der Waals surface area contributed by atoms with Gasteiger partial charge in [0.25, 0.3) is 5.91 Å². The van der Waals surface area contributed by atoms with Crippen LogP contribution in [-0.4, -0.2) is 15.9 Å². The van der Waals surface area contributed by atoms with Gasteiger partial charge in [-0.25, -0.2) is 14.8 Å². The van der Waals surface area contributed by atoms with Crippen LogP contribution in [0.2, 0.25) is 0 Å².